The van der Waals surface area contributed by atoms with Gasteiger partial charge in [0.1, 0.15) is 5.82 Å². The molecule has 0 radical (unpaired) electrons. The van der Waals surface area contributed by atoms with E-state index in [0.29, 0.717) is 25.0 Å². The first-order valence-electron chi connectivity index (χ1n) is 7.37. The molecule has 0 spiro atoms. The second-order valence-electron chi connectivity index (χ2n) is 5.35. The molecule has 1 aliphatic carbocycles. The van der Waals surface area contributed by atoms with E-state index >= 15 is 0 Å². The van der Waals surface area contributed by atoms with Crippen molar-refractivity contribution in [3.8, 4) is 0 Å². The van der Waals surface area contributed by atoms with Crippen LogP contribution < -0.4 is 0 Å². The lowest BCUT2D eigenvalue weighted by Crippen LogP contribution is -2.09. The Morgan fingerprint density at radius 1 is 1.39 bits per heavy atom. The van der Waals surface area contributed by atoms with Crippen molar-refractivity contribution in [3.63, 3.8) is 0 Å². The molecule has 5 heteroatoms. The summed E-state index contributed by atoms with van der Waals surface area (Å²) in [5.41, 5.74) is 4.11. The minimum absolute atomic E-state index is 0.115. The SMILES string of the molecule is CCOC(=O)c1ccnc2c1CC(Cc1ccc(Cl)c(F)c1)=C2. The summed E-state index contributed by atoms with van der Waals surface area (Å²) in [5.74, 6) is -0.760. The van der Waals surface area contributed by atoms with E-state index in [2.05, 4.69) is 4.98 Å². The van der Waals surface area contributed by atoms with Crippen molar-refractivity contribution < 1.29 is 13.9 Å². The molecular weight excluding hydrogens is 317 g/mol. The number of esters is 1. The summed E-state index contributed by atoms with van der Waals surface area (Å²) in [7, 11) is 0. The molecule has 0 N–H and O–H groups in total. The van der Waals surface area contributed by atoms with Crippen molar-refractivity contribution in [1.82, 2.24) is 4.98 Å². The summed E-state index contributed by atoms with van der Waals surface area (Å²) in [4.78, 5) is 16.3. The number of pyridine rings is 1. The van der Waals surface area contributed by atoms with Crippen LogP contribution in [0.4, 0.5) is 4.39 Å². The quantitative estimate of drug-likeness (QED) is 0.787. The van der Waals surface area contributed by atoms with Gasteiger partial charge >= 0.3 is 5.97 Å². The summed E-state index contributed by atoms with van der Waals surface area (Å²) < 4.78 is 18.6. The molecule has 0 bridgehead atoms. The summed E-state index contributed by atoms with van der Waals surface area (Å²) >= 11 is 5.70. The van der Waals surface area contributed by atoms with E-state index in [1.54, 1.807) is 31.3 Å². The van der Waals surface area contributed by atoms with E-state index < -0.39 is 5.82 Å². The Morgan fingerprint density at radius 2 is 2.22 bits per heavy atom. The van der Waals surface area contributed by atoms with E-state index in [0.717, 1.165) is 22.4 Å². The molecule has 1 aromatic carbocycles. The van der Waals surface area contributed by atoms with Crippen LogP contribution in [0.15, 0.2) is 36.0 Å². The van der Waals surface area contributed by atoms with Crippen LogP contribution in [0, 0.1) is 5.82 Å². The molecule has 2 aromatic rings. The molecule has 0 fully saturated rings. The van der Waals surface area contributed by atoms with Crippen LogP contribution >= 0.6 is 11.6 Å². The maximum absolute atomic E-state index is 13.5. The van der Waals surface area contributed by atoms with Gasteiger partial charge in [-0.2, -0.15) is 0 Å². The molecule has 118 valence electrons. The van der Waals surface area contributed by atoms with Crippen molar-refractivity contribution >= 4 is 23.6 Å². The molecule has 0 amide bonds. The van der Waals surface area contributed by atoms with Gasteiger partial charge in [-0.15, -0.1) is 0 Å². The number of hydrogen-bond acceptors (Lipinski definition) is 3. The number of carbonyl (C=O) groups excluding carboxylic acids is 1. The standard InChI is InChI=1S/C18H15ClFNO2/c1-2-23-18(22)13-5-6-21-17-10-12(8-14(13)17)7-11-3-4-15(19)16(20)9-11/h3-6,9-10H,2,7-8H2,1H3. The Hall–Kier alpha value is -2.20. The van der Waals surface area contributed by atoms with Crippen LogP contribution in [-0.2, 0) is 17.6 Å². The van der Waals surface area contributed by atoms with Gasteiger partial charge in [-0.05, 0) is 55.2 Å². The minimum Gasteiger partial charge on any atom is -0.462 e. The van der Waals surface area contributed by atoms with Crippen molar-refractivity contribution in [2.24, 2.45) is 0 Å². The molecule has 0 saturated carbocycles. The van der Waals surface area contributed by atoms with Gasteiger partial charge in [0.2, 0.25) is 0 Å². The molecule has 0 saturated heterocycles. The van der Waals surface area contributed by atoms with E-state index in [1.165, 1.54) is 6.07 Å². The first-order chi connectivity index (χ1) is 11.1. The van der Waals surface area contributed by atoms with E-state index in [9.17, 15) is 9.18 Å². The first kappa shape index (κ1) is 15.7. The molecule has 1 aromatic heterocycles. The van der Waals surface area contributed by atoms with Gasteiger partial charge in [-0.25, -0.2) is 9.18 Å². The normalized spacial score (nSPS) is 12.7. The van der Waals surface area contributed by atoms with Crippen molar-refractivity contribution in [2.45, 2.75) is 19.8 Å². The number of hydrogen-bond donors (Lipinski definition) is 0. The third-order valence-corrected chi connectivity index (χ3v) is 4.05. The van der Waals surface area contributed by atoms with Gasteiger partial charge in [-0.3, -0.25) is 4.98 Å². The number of benzene rings is 1. The van der Waals surface area contributed by atoms with Crippen LogP contribution in [0.2, 0.25) is 5.02 Å². The van der Waals surface area contributed by atoms with Crippen molar-refractivity contribution in [2.75, 3.05) is 6.61 Å². The van der Waals surface area contributed by atoms with Gasteiger partial charge in [0, 0.05) is 6.20 Å². The van der Waals surface area contributed by atoms with Crippen LogP contribution in [-0.4, -0.2) is 17.6 Å². The average Bonchev–Trinajstić information content (AvgIpc) is 2.93. The Morgan fingerprint density at radius 3 is 2.96 bits per heavy atom. The number of ether oxygens (including phenoxy) is 1. The van der Waals surface area contributed by atoms with Gasteiger partial charge in [0.05, 0.1) is 22.9 Å². The van der Waals surface area contributed by atoms with Crippen LogP contribution in [0.25, 0.3) is 6.08 Å². The lowest BCUT2D eigenvalue weighted by molar-refractivity contribution is 0.0525. The molecule has 3 nitrogen and oxygen atoms in total. The van der Waals surface area contributed by atoms with Crippen molar-refractivity contribution in [3.05, 3.63) is 69.3 Å². The highest BCUT2D eigenvalue weighted by molar-refractivity contribution is 6.30. The zero-order valence-electron chi connectivity index (χ0n) is 12.6. The molecular formula is C18H15ClFNO2. The molecule has 23 heavy (non-hydrogen) atoms. The van der Waals surface area contributed by atoms with Crippen LogP contribution in [0.3, 0.4) is 0 Å². The third-order valence-electron chi connectivity index (χ3n) is 3.74. The number of rotatable bonds is 4. The van der Waals surface area contributed by atoms with E-state index in [-0.39, 0.29) is 11.0 Å². The fraction of sp³-hybridized carbons (Fsp3) is 0.222. The Labute approximate surface area is 138 Å². The van der Waals surface area contributed by atoms with Crippen molar-refractivity contribution in [1.29, 1.82) is 0 Å². The maximum atomic E-state index is 13.5. The zero-order chi connectivity index (χ0) is 16.4. The summed E-state index contributed by atoms with van der Waals surface area (Å²) in [6.07, 6.45) is 4.76. The summed E-state index contributed by atoms with van der Waals surface area (Å²) in [6, 6.07) is 6.47. The highest BCUT2D eigenvalue weighted by Crippen LogP contribution is 2.29. The van der Waals surface area contributed by atoms with E-state index in [4.69, 9.17) is 16.3 Å². The predicted octanol–water partition coefficient (Wildman–Crippen LogP) is 4.23. The second-order valence-corrected chi connectivity index (χ2v) is 5.75. The van der Waals surface area contributed by atoms with E-state index in [1.807, 2.05) is 6.08 Å². The summed E-state index contributed by atoms with van der Waals surface area (Å²) in [5, 5.41) is 0.115. The van der Waals surface area contributed by atoms with Crippen LogP contribution in [0.1, 0.15) is 34.1 Å². The number of halogens is 2. The largest absolute Gasteiger partial charge is 0.462 e. The second kappa shape index (κ2) is 6.50. The van der Waals surface area contributed by atoms with Crippen LogP contribution in [0.5, 0.6) is 0 Å². The fourth-order valence-corrected chi connectivity index (χ4v) is 2.83. The third kappa shape index (κ3) is 3.27. The predicted molar refractivity (Wildman–Crippen MR) is 87.0 cm³/mol. The molecule has 0 atom stereocenters. The number of aromatic nitrogens is 1. The number of fused-ring (bicyclic) bond motifs is 1. The molecule has 3 rings (SSSR count). The molecule has 1 aliphatic rings. The molecule has 0 unspecified atom stereocenters. The highest BCUT2D eigenvalue weighted by atomic mass is 35.5. The number of carbonyl (C=O) groups is 1. The monoisotopic (exact) mass is 331 g/mol. The lowest BCUT2D eigenvalue weighted by Gasteiger charge is -2.07. The maximum Gasteiger partial charge on any atom is 0.338 e. The smallest absolute Gasteiger partial charge is 0.338 e. The first-order valence-corrected chi connectivity index (χ1v) is 7.74. The lowest BCUT2D eigenvalue weighted by atomic mass is 10.0. The molecule has 0 aliphatic heterocycles. The summed E-state index contributed by atoms with van der Waals surface area (Å²) in [6.45, 7) is 2.11. The Kier molecular flexibility index (Phi) is 4.44. The van der Waals surface area contributed by atoms with Gasteiger partial charge in [0.25, 0.3) is 0 Å². The Bertz CT molecular complexity index is 802. The Balaban J connectivity index is 1.81. The zero-order valence-corrected chi connectivity index (χ0v) is 13.4. The fourth-order valence-electron chi connectivity index (χ4n) is 2.72. The molecule has 1 heterocycles. The number of nitrogens with zero attached hydrogens (tertiary/aromatic N) is 1. The minimum atomic E-state index is -0.425. The van der Waals surface area contributed by atoms with Gasteiger partial charge < -0.3 is 4.74 Å². The number of allylic oxidation sites excluding steroid dienone is 1. The van der Waals surface area contributed by atoms with Gasteiger partial charge in [-0.1, -0.05) is 23.2 Å². The highest BCUT2D eigenvalue weighted by Gasteiger charge is 2.22. The van der Waals surface area contributed by atoms with Gasteiger partial charge in [0.15, 0.2) is 0 Å². The average molecular weight is 332 g/mol. The topological polar surface area (TPSA) is 39.2 Å².